The molecule has 0 saturated heterocycles. The Bertz CT molecular complexity index is 508. The molecular weight excluding hydrogens is 234 g/mol. The number of fused-ring (bicyclic) bond motifs is 2. The molecule has 0 fully saturated rings. The van der Waals surface area contributed by atoms with Crippen LogP contribution < -0.4 is 5.73 Å². The van der Waals surface area contributed by atoms with Gasteiger partial charge in [0.25, 0.3) is 0 Å². The van der Waals surface area contributed by atoms with E-state index in [0.29, 0.717) is 12.4 Å². The summed E-state index contributed by atoms with van der Waals surface area (Å²) in [5, 5.41) is 2.09. The molecule has 0 saturated carbocycles. The molecule has 1 aliphatic carbocycles. The minimum Gasteiger partial charge on any atom is -0.369 e. The van der Waals surface area contributed by atoms with Gasteiger partial charge in [0.05, 0.1) is 12.0 Å². The second kappa shape index (κ2) is 3.57. The SMILES string of the molecule is CN1C(=O)C[C@]2(CCCc3sccc32)N=C1N. The van der Waals surface area contributed by atoms with Gasteiger partial charge in [-0.25, -0.2) is 4.99 Å². The maximum atomic E-state index is 12.0. The second-order valence-electron chi connectivity index (χ2n) is 4.74. The summed E-state index contributed by atoms with van der Waals surface area (Å²) in [5.41, 5.74) is 6.71. The topological polar surface area (TPSA) is 58.7 Å². The Kier molecular flexibility index (Phi) is 2.26. The summed E-state index contributed by atoms with van der Waals surface area (Å²) in [5.74, 6) is 0.414. The highest BCUT2D eigenvalue weighted by molar-refractivity contribution is 7.10. The number of nitrogens with two attached hydrogens (primary N) is 1. The van der Waals surface area contributed by atoms with Crippen LogP contribution in [0, 0.1) is 0 Å². The van der Waals surface area contributed by atoms with Crippen molar-refractivity contribution in [3.8, 4) is 0 Å². The van der Waals surface area contributed by atoms with E-state index in [2.05, 4.69) is 16.4 Å². The number of carbonyl (C=O) groups is 1. The number of aliphatic imine (C=N–C) groups is 1. The van der Waals surface area contributed by atoms with Gasteiger partial charge in [0.15, 0.2) is 5.96 Å². The maximum Gasteiger partial charge on any atom is 0.231 e. The number of amides is 1. The van der Waals surface area contributed by atoms with Crippen molar-refractivity contribution in [1.82, 2.24) is 4.90 Å². The van der Waals surface area contributed by atoms with Crippen molar-refractivity contribution in [3.63, 3.8) is 0 Å². The molecule has 1 atom stereocenters. The lowest BCUT2D eigenvalue weighted by Crippen LogP contribution is -2.49. The highest BCUT2D eigenvalue weighted by Crippen LogP contribution is 2.44. The third kappa shape index (κ3) is 1.49. The molecule has 0 unspecified atom stereocenters. The van der Waals surface area contributed by atoms with Crippen molar-refractivity contribution in [2.75, 3.05) is 7.05 Å². The van der Waals surface area contributed by atoms with Gasteiger partial charge < -0.3 is 5.73 Å². The first-order chi connectivity index (χ1) is 8.12. The quantitative estimate of drug-likeness (QED) is 0.756. The van der Waals surface area contributed by atoms with Crippen LogP contribution in [0.5, 0.6) is 0 Å². The molecule has 1 aromatic rings. The molecule has 17 heavy (non-hydrogen) atoms. The summed E-state index contributed by atoms with van der Waals surface area (Å²) in [6, 6.07) is 2.11. The number of guanidine groups is 1. The van der Waals surface area contributed by atoms with E-state index in [0.717, 1.165) is 19.3 Å². The number of nitrogens with zero attached hydrogens (tertiary/aromatic N) is 2. The molecule has 1 amide bonds. The van der Waals surface area contributed by atoms with E-state index in [4.69, 9.17) is 5.73 Å². The van der Waals surface area contributed by atoms with E-state index in [1.807, 2.05) is 0 Å². The highest BCUT2D eigenvalue weighted by Gasteiger charge is 2.43. The van der Waals surface area contributed by atoms with E-state index in [1.165, 1.54) is 15.3 Å². The molecule has 0 aromatic carbocycles. The Labute approximate surface area is 104 Å². The van der Waals surface area contributed by atoms with Gasteiger partial charge in [-0.1, -0.05) is 0 Å². The molecule has 2 aliphatic rings. The Hall–Kier alpha value is -1.36. The summed E-state index contributed by atoms with van der Waals surface area (Å²) in [6.45, 7) is 0. The van der Waals surface area contributed by atoms with Crippen LogP contribution in [0.3, 0.4) is 0 Å². The van der Waals surface area contributed by atoms with Gasteiger partial charge in [-0.3, -0.25) is 9.69 Å². The molecule has 1 aliphatic heterocycles. The fourth-order valence-electron chi connectivity index (χ4n) is 2.75. The summed E-state index contributed by atoms with van der Waals surface area (Å²) in [7, 11) is 1.69. The third-order valence-electron chi connectivity index (χ3n) is 3.73. The minimum atomic E-state index is -0.374. The zero-order valence-corrected chi connectivity index (χ0v) is 10.6. The normalized spacial score (nSPS) is 28.2. The fraction of sp³-hybridized carbons (Fsp3) is 0.500. The van der Waals surface area contributed by atoms with Crippen LogP contribution in [0.15, 0.2) is 16.4 Å². The van der Waals surface area contributed by atoms with Crippen molar-refractivity contribution in [2.24, 2.45) is 10.7 Å². The average Bonchev–Trinajstić information content (AvgIpc) is 2.76. The van der Waals surface area contributed by atoms with Crippen LogP contribution in [-0.4, -0.2) is 23.8 Å². The standard InChI is InChI=1S/C12H15N3OS/c1-15-10(16)7-12(14-11(15)13)5-2-3-9-8(12)4-6-17-9/h4,6H,2-3,5,7H2,1H3,(H2,13,14)/t12-/m0/s1. The van der Waals surface area contributed by atoms with E-state index >= 15 is 0 Å². The molecule has 0 radical (unpaired) electrons. The van der Waals surface area contributed by atoms with Crippen molar-refractivity contribution in [2.45, 2.75) is 31.2 Å². The number of aryl methyl sites for hydroxylation is 1. The van der Waals surface area contributed by atoms with Crippen LogP contribution in [-0.2, 0) is 16.8 Å². The van der Waals surface area contributed by atoms with Crippen LogP contribution in [0.1, 0.15) is 29.7 Å². The second-order valence-corrected chi connectivity index (χ2v) is 5.74. The van der Waals surface area contributed by atoms with Crippen LogP contribution in [0.4, 0.5) is 0 Å². The Morgan fingerprint density at radius 2 is 2.41 bits per heavy atom. The molecule has 4 nitrogen and oxygen atoms in total. The largest absolute Gasteiger partial charge is 0.369 e. The number of thiophene rings is 1. The molecule has 1 spiro atoms. The fourth-order valence-corrected chi connectivity index (χ4v) is 3.77. The maximum absolute atomic E-state index is 12.0. The molecule has 3 rings (SSSR count). The summed E-state index contributed by atoms with van der Waals surface area (Å²) in [6.07, 6.45) is 3.57. The van der Waals surface area contributed by atoms with Gasteiger partial charge in [-0.2, -0.15) is 0 Å². The van der Waals surface area contributed by atoms with Gasteiger partial charge in [-0.05, 0) is 36.3 Å². The first-order valence-electron chi connectivity index (χ1n) is 5.81. The Morgan fingerprint density at radius 3 is 3.18 bits per heavy atom. The van der Waals surface area contributed by atoms with Gasteiger partial charge in [-0.15, -0.1) is 11.3 Å². The number of hydrogen-bond donors (Lipinski definition) is 1. The lowest BCUT2D eigenvalue weighted by Gasteiger charge is -2.38. The highest BCUT2D eigenvalue weighted by atomic mass is 32.1. The molecule has 5 heteroatoms. The summed E-state index contributed by atoms with van der Waals surface area (Å²) in [4.78, 5) is 19.4. The lowest BCUT2D eigenvalue weighted by atomic mass is 9.77. The van der Waals surface area contributed by atoms with Crippen molar-refractivity contribution >= 4 is 23.2 Å². The predicted molar refractivity (Wildman–Crippen MR) is 67.9 cm³/mol. The monoisotopic (exact) mass is 249 g/mol. The molecular formula is C12H15N3OS. The number of rotatable bonds is 0. The van der Waals surface area contributed by atoms with E-state index in [-0.39, 0.29) is 11.4 Å². The first-order valence-corrected chi connectivity index (χ1v) is 6.69. The smallest absolute Gasteiger partial charge is 0.231 e. The van der Waals surface area contributed by atoms with Crippen LogP contribution in [0.2, 0.25) is 0 Å². The van der Waals surface area contributed by atoms with Gasteiger partial charge >= 0.3 is 0 Å². The van der Waals surface area contributed by atoms with Crippen molar-refractivity contribution in [3.05, 3.63) is 21.9 Å². The number of hydrogen-bond acceptors (Lipinski definition) is 4. The lowest BCUT2D eigenvalue weighted by molar-refractivity contribution is -0.128. The van der Waals surface area contributed by atoms with E-state index < -0.39 is 0 Å². The van der Waals surface area contributed by atoms with Crippen molar-refractivity contribution in [1.29, 1.82) is 0 Å². The molecule has 90 valence electrons. The van der Waals surface area contributed by atoms with Gasteiger partial charge in [0, 0.05) is 11.9 Å². The van der Waals surface area contributed by atoms with Gasteiger partial charge in [0.2, 0.25) is 5.91 Å². The molecule has 2 heterocycles. The molecule has 0 bridgehead atoms. The van der Waals surface area contributed by atoms with Crippen LogP contribution in [0.25, 0.3) is 0 Å². The first kappa shape index (κ1) is 10.8. The third-order valence-corrected chi connectivity index (χ3v) is 4.71. The zero-order valence-electron chi connectivity index (χ0n) is 9.77. The molecule has 1 aromatic heterocycles. The van der Waals surface area contributed by atoms with Crippen molar-refractivity contribution < 1.29 is 4.79 Å². The van der Waals surface area contributed by atoms with E-state index in [9.17, 15) is 4.79 Å². The van der Waals surface area contributed by atoms with E-state index in [1.54, 1.807) is 18.4 Å². The average molecular weight is 249 g/mol. The summed E-state index contributed by atoms with van der Waals surface area (Å²) < 4.78 is 0. The predicted octanol–water partition coefficient (Wildman–Crippen LogP) is 1.46. The minimum absolute atomic E-state index is 0.0663. The summed E-state index contributed by atoms with van der Waals surface area (Å²) >= 11 is 1.76. The van der Waals surface area contributed by atoms with Gasteiger partial charge in [0.1, 0.15) is 0 Å². The molecule has 2 N–H and O–H groups in total. The zero-order chi connectivity index (χ0) is 12.0. The van der Waals surface area contributed by atoms with Crippen LogP contribution >= 0.6 is 11.3 Å². The number of carbonyl (C=O) groups excluding carboxylic acids is 1. The Balaban J connectivity index is 2.13. The Morgan fingerprint density at radius 1 is 1.59 bits per heavy atom.